The highest BCUT2D eigenvalue weighted by Crippen LogP contribution is 2.26. The Morgan fingerprint density at radius 3 is 2.11 bits per heavy atom. The number of rotatable bonds is 12. The van der Waals surface area contributed by atoms with E-state index in [9.17, 15) is 18.0 Å². The number of carbonyl (C=O) groups is 2. The van der Waals surface area contributed by atoms with E-state index in [0.29, 0.717) is 22.8 Å². The standard InChI is InChI=1S/C29H34ClN3O4S/c1-4-17-31-29(35)27(19-23-11-7-5-8-12-23)32(20-24-13-9-6-10-14-24)28(34)21-33(38(3,36)37)26-16-15-25(30)18-22(26)2/h5-16,18,27H,4,17,19-21H2,1-3H3,(H,31,35). The highest BCUT2D eigenvalue weighted by molar-refractivity contribution is 7.92. The van der Waals surface area contributed by atoms with Crippen LogP contribution in [0.4, 0.5) is 5.69 Å². The molecule has 3 aromatic rings. The van der Waals surface area contributed by atoms with E-state index in [0.717, 1.165) is 28.1 Å². The Kier molecular flexibility index (Phi) is 10.3. The van der Waals surface area contributed by atoms with E-state index < -0.39 is 28.5 Å². The number of halogens is 1. The highest BCUT2D eigenvalue weighted by Gasteiger charge is 2.33. The molecule has 0 radical (unpaired) electrons. The third-order valence-corrected chi connectivity index (χ3v) is 7.48. The van der Waals surface area contributed by atoms with Crippen LogP contribution in [0, 0.1) is 6.92 Å². The SMILES string of the molecule is CCCNC(=O)C(Cc1ccccc1)N(Cc1ccccc1)C(=O)CN(c1ccc(Cl)cc1C)S(C)(=O)=O. The molecule has 9 heteroatoms. The van der Waals surface area contributed by atoms with Crippen molar-refractivity contribution in [3.63, 3.8) is 0 Å². The highest BCUT2D eigenvalue weighted by atomic mass is 35.5. The van der Waals surface area contributed by atoms with Crippen LogP contribution in [-0.2, 0) is 32.6 Å². The van der Waals surface area contributed by atoms with E-state index in [2.05, 4.69) is 5.32 Å². The van der Waals surface area contributed by atoms with Gasteiger partial charge in [-0.05, 0) is 48.2 Å². The third-order valence-electron chi connectivity index (χ3n) is 6.12. The summed E-state index contributed by atoms with van der Waals surface area (Å²) in [6, 6.07) is 22.8. The van der Waals surface area contributed by atoms with Gasteiger partial charge < -0.3 is 10.2 Å². The molecule has 0 aromatic heterocycles. The average Bonchev–Trinajstić information content (AvgIpc) is 2.88. The summed E-state index contributed by atoms with van der Waals surface area (Å²) < 4.78 is 26.8. The first-order valence-corrected chi connectivity index (χ1v) is 14.7. The molecule has 0 saturated carbocycles. The summed E-state index contributed by atoms with van der Waals surface area (Å²) in [5, 5.41) is 3.39. The van der Waals surface area contributed by atoms with Crippen molar-refractivity contribution in [2.75, 3.05) is 23.7 Å². The molecule has 0 aliphatic heterocycles. The summed E-state index contributed by atoms with van der Waals surface area (Å²) in [5.74, 6) is -0.769. The van der Waals surface area contributed by atoms with Crippen molar-refractivity contribution in [2.45, 2.75) is 39.3 Å². The summed E-state index contributed by atoms with van der Waals surface area (Å²) in [7, 11) is -3.83. The van der Waals surface area contributed by atoms with Crippen LogP contribution in [0.2, 0.25) is 5.02 Å². The maximum Gasteiger partial charge on any atom is 0.244 e. The number of nitrogens with zero attached hydrogens (tertiary/aromatic N) is 2. The first-order chi connectivity index (χ1) is 18.1. The Morgan fingerprint density at radius 1 is 0.947 bits per heavy atom. The predicted octanol–water partition coefficient (Wildman–Crippen LogP) is 4.58. The molecule has 202 valence electrons. The summed E-state index contributed by atoms with van der Waals surface area (Å²) in [6.07, 6.45) is 2.09. The fraction of sp³-hybridized carbons (Fsp3) is 0.310. The van der Waals surface area contributed by atoms with Gasteiger partial charge in [-0.3, -0.25) is 13.9 Å². The Balaban J connectivity index is 2.04. The second-order valence-electron chi connectivity index (χ2n) is 9.20. The third kappa shape index (κ3) is 8.07. The summed E-state index contributed by atoms with van der Waals surface area (Å²) in [4.78, 5) is 28.9. The molecule has 2 amide bonds. The van der Waals surface area contributed by atoms with Crippen LogP contribution in [0.3, 0.4) is 0 Å². The van der Waals surface area contributed by atoms with Crippen LogP contribution in [-0.4, -0.2) is 50.5 Å². The van der Waals surface area contributed by atoms with Gasteiger partial charge >= 0.3 is 0 Å². The van der Waals surface area contributed by atoms with E-state index in [1.165, 1.54) is 4.90 Å². The first-order valence-electron chi connectivity index (χ1n) is 12.5. The molecule has 1 atom stereocenters. The topological polar surface area (TPSA) is 86.8 Å². The number of anilines is 1. The molecule has 3 rings (SSSR count). The molecular formula is C29H34ClN3O4S. The van der Waals surface area contributed by atoms with Gasteiger partial charge in [-0.15, -0.1) is 0 Å². The van der Waals surface area contributed by atoms with Crippen molar-refractivity contribution >= 4 is 39.1 Å². The first kappa shape index (κ1) is 29.2. The molecule has 0 spiro atoms. The number of sulfonamides is 1. The van der Waals surface area contributed by atoms with Crippen LogP contribution in [0.15, 0.2) is 78.9 Å². The lowest BCUT2D eigenvalue weighted by Gasteiger charge is -2.33. The zero-order valence-electron chi connectivity index (χ0n) is 21.9. The van der Waals surface area contributed by atoms with Crippen LogP contribution in [0.25, 0.3) is 0 Å². The molecule has 0 aliphatic rings. The van der Waals surface area contributed by atoms with Crippen molar-refractivity contribution in [1.29, 1.82) is 0 Å². The van der Waals surface area contributed by atoms with Gasteiger partial charge in [-0.1, -0.05) is 79.2 Å². The normalized spacial score (nSPS) is 12.0. The monoisotopic (exact) mass is 555 g/mol. The summed E-state index contributed by atoms with van der Waals surface area (Å²) in [5.41, 5.74) is 2.70. The van der Waals surface area contributed by atoms with Crippen molar-refractivity contribution in [1.82, 2.24) is 10.2 Å². The maximum absolute atomic E-state index is 14.0. The number of amides is 2. The van der Waals surface area contributed by atoms with Gasteiger partial charge in [0, 0.05) is 24.5 Å². The molecule has 0 heterocycles. The Bertz CT molecular complexity index is 1330. The smallest absolute Gasteiger partial charge is 0.244 e. The van der Waals surface area contributed by atoms with Crippen molar-refractivity contribution < 1.29 is 18.0 Å². The minimum atomic E-state index is -3.83. The molecule has 3 aromatic carbocycles. The van der Waals surface area contributed by atoms with Crippen molar-refractivity contribution in [3.05, 3.63) is 101 Å². The fourth-order valence-corrected chi connectivity index (χ4v) is 5.33. The van der Waals surface area contributed by atoms with Crippen molar-refractivity contribution in [2.24, 2.45) is 0 Å². The van der Waals surface area contributed by atoms with Gasteiger partial charge in [0.05, 0.1) is 11.9 Å². The number of aryl methyl sites for hydroxylation is 1. The lowest BCUT2D eigenvalue weighted by Crippen LogP contribution is -2.53. The Hall–Kier alpha value is -3.36. The largest absolute Gasteiger partial charge is 0.354 e. The second-order valence-corrected chi connectivity index (χ2v) is 11.5. The number of benzene rings is 3. The van der Waals surface area contributed by atoms with Gasteiger partial charge in [0.25, 0.3) is 0 Å². The lowest BCUT2D eigenvalue weighted by molar-refractivity contribution is -0.140. The quantitative estimate of drug-likeness (QED) is 0.354. The van der Waals surface area contributed by atoms with Gasteiger partial charge in [-0.2, -0.15) is 0 Å². The number of carbonyl (C=O) groups excluding carboxylic acids is 2. The molecule has 0 aliphatic carbocycles. The number of nitrogens with one attached hydrogen (secondary N) is 1. The molecule has 0 saturated heterocycles. The molecule has 1 N–H and O–H groups in total. The molecule has 7 nitrogen and oxygen atoms in total. The summed E-state index contributed by atoms with van der Waals surface area (Å²) in [6.45, 7) is 3.85. The Morgan fingerprint density at radius 2 is 1.55 bits per heavy atom. The maximum atomic E-state index is 14.0. The minimum absolute atomic E-state index is 0.147. The van der Waals surface area contributed by atoms with E-state index in [1.54, 1.807) is 25.1 Å². The molecule has 0 fully saturated rings. The predicted molar refractivity (Wildman–Crippen MR) is 153 cm³/mol. The summed E-state index contributed by atoms with van der Waals surface area (Å²) >= 11 is 6.09. The van der Waals surface area contributed by atoms with E-state index >= 15 is 0 Å². The molecule has 38 heavy (non-hydrogen) atoms. The zero-order chi connectivity index (χ0) is 27.7. The van der Waals surface area contributed by atoms with E-state index in [4.69, 9.17) is 11.6 Å². The minimum Gasteiger partial charge on any atom is -0.354 e. The van der Waals surface area contributed by atoms with E-state index in [-0.39, 0.29) is 18.9 Å². The molecule has 0 bridgehead atoms. The molecular weight excluding hydrogens is 522 g/mol. The average molecular weight is 556 g/mol. The van der Waals surface area contributed by atoms with Gasteiger partial charge in [-0.25, -0.2) is 8.42 Å². The molecule has 1 unspecified atom stereocenters. The van der Waals surface area contributed by atoms with E-state index in [1.807, 2.05) is 67.6 Å². The van der Waals surface area contributed by atoms with Crippen LogP contribution in [0.5, 0.6) is 0 Å². The number of hydrogen-bond donors (Lipinski definition) is 1. The van der Waals surface area contributed by atoms with Crippen molar-refractivity contribution in [3.8, 4) is 0 Å². The lowest BCUT2D eigenvalue weighted by atomic mass is 10.0. The second kappa shape index (κ2) is 13.4. The Labute approximate surface area is 230 Å². The van der Waals surface area contributed by atoms with Crippen LogP contribution in [0.1, 0.15) is 30.0 Å². The van der Waals surface area contributed by atoms with Gasteiger partial charge in [0.2, 0.25) is 21.8 Å². The number of hydrogen-bond acceptors (Lipinski definition) is 4. The van der Waals surface area contributed by atoms with Crippen LogP contribution >= 0.6 is 11.6 Å². The fourth-order valence-electron chi connectivity index (χ4n) is 4.19. The van der Waals surface area contributed by atoms with Gasteiger partial charge in [0.15, 0.2) is 0 Å². The van der Waals surface area contributed by atoms with Crippen LogP contribution < -0.4 is 9.62 Å². The zero-order valence-corrected chi connectivity index (χ0v) is 23.5. The van der Waals surface area contributed by atoms with Gasteiger partial charge in [0.1, 0.15) is 12.6 Å².